The molecule has 2 aliphatic carbocycles. The van der Waals surface area contributed by atoms with Crippen LogP contribution in [0.25, 0.3) is 0 Å². The summed E-state index contributed by atoms with van der Waals surface area (Å²) in [4.78, 5) is 0.602. The van der Waals surface area contributed by atoms with E-state index in [-0.39, 0.29) is 0 Å². The lowest BCUT2D eigenvalue weighted by Gasteiger charge is -2.24. The van der Waals surface area contributed by atoms with Gasteiger partial charge in [0.1, 0.15) is 0 Å². The van der Waals surface area contributed by atoms with Gasteiger partial charge in [-0.3, -0.25) is 0 Å². The van der Waals surface area contributed by atoms with E-state index in [0.717, 1.165) is 5.92 Å². The van der Waals surface area contributed by atoms with E-state index in [1.165, 1.54) is 32.1 Å². The van der Waals surface area contributed by atoms with Gasteiger partial charge in [0.15, 0.2) is 0 Å². The monoisotopic (exact) mass is 280 g/mol. The first-order valence-electron chi connectivity index (χ1n) is 6.50. The Labute approximate surface area is 108 Å². The Kier molecular flexibility index (Phi) is 4.45. The molecule has 0 aliphatic heterocycles. The minimum absolute atomic E-state index is 0.602. The Balaban J connectivity index is 1.93. The zero-order valence-corrected chi connectivity index (χ0v) is 11.6. The maximum atomic E-state index is 3.65. The lowest BCUT2D eigenvalue weighted by molar-refractivity contribution is 0.565. The molecule has 2 aliphatic rings. The fraction of sp³-hybridized carbons (Fsp3) is 0.600. The smallest absolute Gasteiger partial charge is 0.0325 e. The van der Waals surface area contributed by atoms with Crippen molar-refractivity contribution in [3.8, 4) is 0 Å². The molecule has 1 heteroatoms. The van der Waals surface area contributed by atoms with Crippen LogP contribution in [0.3, 0.4) is 0 Å². The zero-order chi connectivity index (χ0) is 11.4. The molecule has 3 atom stereocenters. The molecule has 0 bridgehead atoms. The van der Waals surface area contributed by atoms with Crippen molar-refractivity contribution in [2.45, 2.75) is 43.9 Å². The molecule has 0 saturated heterocycles. The van der Waals surface area contributed by atoms with Crippen molar-refractivity contribution in [2.24, 2.45) is 11.8 Å². The van der Waals surface area contributed by atoms with E-state index >= 15 is 0 Å². The largest absolute Gasteiger partial charge is 0.0845 e. The first-order valence-corrected chi connectivity index (χ1v) is 7.41. The van der Waals surface area contributed by atoms with Gasteiger partial charge in [0.2, 0.25) is 0 Å². The number of hydrogen-bond donors (Lipinski definition) is 0. The highest BCUT2D eigenvalue weighted by atomic mass is 79.9. The fourth-order valence-corrected chi connectivity index (χ4v) is 3.05. The van der Waals surface area contributed by atoms with Crippen molar-refractivity contribution in [1.82, 2.24) is 0 Å². The van der Waals surface area contributed by atoms with Gasteiger partial charge in [-0.1, -0.05) is 59.7 Å². The topological polar surface area (TPSA) is 0 Å². The van der Waals surface area contributed by atoms with E-state index in [1.54, 1.807) is 5.57 Å². The van der Waals surface area contributed by atoms with E-state index in [4.69, 9.17) is 0 Å². The van der Waals surface area contributed by atoms with Gasteiger partial charge in [-0.05, 0) is 37.2 Å². The van der Waals surface area contributed by atoms with Gasteiger partial charge < -0.3 is 0 Å². The van der Waals surface area contributed by atoms with Gasteiger partial charge >= 0.3 is 0 Å². The van der Waals surface area contributed by atoms with Crippen molar-refractivity contribution in [3.63, 3.8) is 0 Å². The summed E-state index contributed by atoms with van der Waals surface area (Å²) in [5.41, 5.74) is 1.54. The molecular weight excluding hydrogens is 260 g/mol. The molecule has 0 radical (unpaired) electrons. The predicted molar refractivity (Wildman–Crippen MR) is 74.8 cm³/mol. The van der Waals surface area contributed by atoms with E-state index in [9.17, 15) is 0 Å². The Hall–Kier alpha value is -0.300. The molecule has 0 aromatic carbocycles. The molecule has 0 aromatic rings. The second kappa shape index (κ2) is 5.86. The first kappa shape index (κ1) is 12.2. The van der Waals surface area contributed by atoms with Crippen molar-refractivity contribution >= 4 is 15.9 Å². The van der Waals surface area contributed by atoms with Crippen LogP contribution < -0.4 is 0 Å². The summed E-state index contributed by atoms with van der Waals surface area (Å²) in [7, 11) is 0. The maximum Gasteiger partial charge on any atom is 0.0325 e. The minimum atomic E-state index is 0.602. The molecule has 16 heavy (non-hydrogen) atoms. The quantitative estimate of drug-likeness (QED) is 0.503. The summed E-state index contributed by atoms with van der Waals surface area (Å²) < 4.78 is 0. The van der Waals surface area contributed by atoms with Crippen LogP contribution in [-0.2, 0) is 0 Å². The number of allylic oxidation sites excluding steroid dienone is 6. The Morgan fingerprint density at radius 1 is 1.25 bits per heavy atom. The minimum Gasteiger partial charge on any atom is -0.0845 e. The lowest BCUT2D eigenvalue weighted by atomic mass is 9.83. The Morgan fingerprint density at radius 3 is 2.69 bits per heavy atom. The summed E-state index contributed by atoms with van der Waals surface area (Å²) in [5.74, 6) is 1.47. The predicted octanol–water partition coefficient (Wildman–Crippen LogP) is 5.02. The van der Waals surface area contributed by atoms with E-state index in [1.807, 2.05) is 0 Å². The van der Waals surface area contributed by atoms with E-state index in [2.05, 4.69) is 53.2 Å². The average molecular weight is 281 g/mol. The van der Waals surface area contributed by atoms with Crippen LogP contribution >= 0.6 is 15.9 Å². The molecule has 0 amide bonds. The van der Waals surface area contributed by atoms with E-state index in [0.29, 0.717) is 10.7 Å². The Morgan fingerprint density at radius 2 is 2.12 bits per heavy atom. The van der Waals surface area contributed by atoms with Crippen molar-refractivity contribution in [2.75, 3.05) is 0 Å². The van der Waals surface area contributed by atoms with Gasteiger partial charge in [0, 0.05) is 10.7 Å². The molecule has 3 unspecified atom stereocenters. The number of hydrogen-bond acceptors (Lipinski definition) is 0. The third-order valence-corrected chi connectivity index (χ3v) is 4.37. The maximum absolute atomic E-state index is 3.65. The first-order chi connectivity index (χ1) is 7.79. The van der Waals surface area contributed by atoms with Crippen molar-refractivity contribution in [1.29, 1.82) is 0 Å². The summed E-state index contributed by atoms with van der Waals surface area (Å²) >= 11 is 3.65. The van der Waals surface area contributed by atoms with Gasteiger partial charge in [-0.15, -0.1) is 0 Å². The molecule has 0 spiro atoms. The second-order valence-corrected chi connectivity index (χ2v) is 6.11. The van der Waals surface area contributed by atoms with Crippen LogP contribution in [0.2, 0.25) is 0 Å². The third kappa shape index (κ3) is 3.10. The normalized spacial score (nSPS) is 33.9. The molecular formula is C15H21Br. The van der Waals surface area contributed by atoms with Crippen LogP contribution in [-0.4, -0.2) is 4.83 Å². The molecule has 0 nitrogen and oxygen atoms in total. The van der Waals surface area contributed by atoms with Crippen molar-refractivity contribution < 1.29 is 0 Å². The fourth-order valence-electron chi connectivity index (χ4n) is 2.60. The summed E-state index contributed by atoms with van der Waals surface area (Å²) in [6.07, 6.45) is 18.4. The zero-order valence-electron chi connectivity index (χ0n) is 10.0. The second-order valence-electron chi connectivity index (χ2n) is 4.93. The van der Waals surface area contributed by atoms with Crippen LogP contribution in [0, 0.1) is 11.8 Å². The van der Waals surface area contributed by atoms with Gasteiger partial charge in [0.05, 0.1) is 0 Å². The standard InChI is InChI=1S/C15H21Br/c1-2-3-12-4-6-13(7-5-12)14-8-10-15(16)11-9-14/h4,6-8,10,12,14-15H,2-3,5,9,11H2,1H3. The highest BCUT2D eigenvalue weighted by Crippen LogP contribution is 2.32. The van der Waals surface area contributed by atoms with Gasteiger partial charge in [-0.25, -0.2) is 0 Å². The molecule has 0 N–H and O–H groups in total. The van der Waals surface area contributed by atoms with Crippen LogP contribution in [0.5, 0.6) is 0 Å². The molecule has 0 heterocycles. The summed E-state index contributed by atoms with van der Waals surface area (Å²) in [6.45, 7) is 2.27. The molecule has 88 valence electrons. The highest BCUT2D eigenvalue weighted by Gasteiger charge is 2.18. The number of rotatable bonds is 3. The molecule has 0 aromatic heterocycles. The van der Waals surface area contributed by atoms with E-state index < -0.39 is 0 Å². The van der Waals surface area contributed by atoms with Crippen LogP contribution in [0.4, 0.5) is 0 Å². The lowest BCUT2D eigenvalue weighted by Crippen LogP contribution is -2.11. The van der Waals surface area contributed by atoms with Crippen LogP contribution in [0.1, 0.15) is 39.0 Å². The molecule has 0 fully saturated rings. The summed E-state index contributed by atoms with van der Waals surface area (Å²) in [6, 6.07) is 0. The molecule has 2 rings (SSSR count). The van der Waals surface area contributed by atoms with Crippen molar-refractivity contribution in [3.05, 3.63) is 36.0 Å². The van der Waals surface area contributed by atoms with Gasteiger partial charge in [0.25, 0.3) is 0 Å². The number of alkyl halides is 1. The third-order valence-electron chi connectivity index (χ3n) is 3.61. The summed E-state index contributed by atoms with van der Waals surface area (Å²) in [5, 5.41) is 0. The number of halogens is 1. The van der Waals surface area contributed by atoms with Gasteiger partial charge in [-0.2, -0.15) is 0 Å². The SMILES string of the molecule is CCCC1C=CC(C2C=CC(Br)CC2)=CC1. The highest BCUT2D eigenvalue weighted by molar-refractivity contribution is 9.09. The molecule has 0 saturated carbocycles. The Bertz CT molecular complexity index is 311. The average Bonchev–Trinajstić information content (AvgIpc) is 2.32. The van der Waals surface area contributed by atoms with Crippen LogP contribution in [0.15, 0.2) is 36.0 Å².